The van der Waals surface area contributed by atoms with E-state index in [1.165, 1.54) is 21.8 Å². The fourth-order valence-corrected chi connectivity index (χ4v) is 5.11. The summed E-state index contributed by atoms with van der Waals surface area (Å²) in [6, 6.07) is 25.4. The Morgan fingerprint density at radius 3 is 2.56 bits per heavy atom. The normalized spacial score (nSPS) is 11.0. The molecule has 0 spiro atoms. The summed E-state index contributed by atoms with van der Waals surface area (Å²) in [6.45, 7) is 0.286. The number of carbonyl (C=O) groups is 1. The van der Waals surface area contributed by atoms with Crippen molar-refractivity contribution < 1.29 is 14.3 Å². The van der Waals surface area contributed by atoms with E-state index in [0.717, 1.165) is 26.9 Å². The Bertz CT molecular complexity index is 1310. The van der Waals surface area contributed by atoms with Gasteiger partial charge in [0.25, 0.3) is 0 Å². The van der Waals surface area contributed by atoms with Crippen molar-refractivity contribution in [2.24, 2.45) is 0 Å². The first kappa shape index (κ1) is 24.3. The van der Waals surface area contributed by atoms with Gasteiger partial charge >= 0.3 is 0 Å². The Hall–Kier alpha value is -2.86. The lowest BCUT2D eigenvalue weighted by Gasteiger charge is -2.12. The van der Waals surface area contributed by atoms with E-state index >= 15 is 0 Å². The molecule has 0 saturated carbocycles. The molecule has 1 aromatic heterocycles. The van der Waals surface area contributed by atoms with Gasteiger partial charge in [0.05, 0.1) is 17.0 Å². The van der Waals surface area contributed by atoms with Crippen LogP contribution < -0.4 is 9.47 Å². The van der Waals surface area contributed by atoms with Crippen molar-refractivity contribution in [1.29, 1.82) is 0 Å². The van der Waals surface area contributed by atoms with Crippen molar-refractivity contribution in [3.8, 4) is 11.5 Å². The predicted molar refractivity (Wildman–Crippen MR) is 143 cm³/mol. The molecule has 0 aliphatic heterocycles. The van der Waals surface area contributed by atoms with E-state index in [4.69, 9.17) is 21.1 Å². The first-order chi connectivity index (χ1) is 16.5. The van der Waals surface area contributed by atoms with Crippen molar-refractivity contribution >= 4 is 50.7 Å². The van der Waals surface area contributed by atoms with Gasteiger partial charge in [-0.15, -0.1) is 11.3 Å². The van der Waals surface area contributed by atoms with Crippen LogP contribution in [-0.2, 0) is 13.0 Å². The molecule has 0 aliphatic rings. The Kier molecular flexibility index (Phi) is 8.22. The van der Waals surface area contributed by atoms with Crippen molar-refractivity contribution in [3.05, 3.63) is 121 Å². The number of hydrogen-bond acceptors (Lipinski definition) is 4. The highest BCUT2D eigenvalue weighted by Crippen LogP contribution is 2.30. The lowest BCUT2D eigenvalue weighted by Crippen LogP contribution is -2.00. The quantitative estimate of drug-likeness (QED) is 0.155. The average Bonchev–Trinajstić information content (AvgIpc) is 3.31. The molecule has 172 valence electrons. The van der Waals surface area contributed by atoms with Crippen LogP contribution in [0.1, 0.15) is 31.2 Å². The summed E-state index contributed by atoms with van der Waals surface area (Å²) in [7, 11) is 1.62. The molecule has 3 aromatic carbocycles. The van der Waals surface area contributed by atoms with Gasteiger partial charge in [0, 0.05) is 21.3 Å². The van der Waals surface area contributed by atoms with Gasteiger partial charge in [0.15, 0.2) is 5.78 Å². The van der Waals surface area contributed by atoms with E-state index in [2.05, 4.69) is 28.1 Å². The summed E-state index contributed by atoms with van der Waals surface area (Å²) in [6.07, 6.45) is 4.25. The highest BCUT2D eigenvalue weighted by atomic mass is 79.9. The van der Waals surface area contributed by atoms with Gasteiger partial charge in [-0.2, -0.15) is 0 Å². The summed E-state index contributed by atoms with van der Waals surface area (Å²) >= 11 is 11.2. The molecule has 0 N–H and O–H groups in total. The van der Waals surface area contributed by atoms with Gasteiger partial charge < -0.3 is 9.47 Å². The molecule has 0 saturated heterocycles. The van der Waals surface area contributed by atoms with Crippen LogP contribution in [-0.4, -0.2) is 12.9 Å². The largest absolute Gasteiger partial charge is 0.496 e. The van der Waals surface area contributed by atoms with E-state index in [-0.39, 0.29) is 12.4 Å². The van der Waals surface area contributed by atoms with Crippen LogP contribution in [0.15, 0.2) is 89.4 Å². The zero-order valence-electron chi connectivity index (χ0n) is 18.5. The van der Waals surface area contributed by atoms with Crippen molar-refractivity contribution in [2.45, 2.75) is 13.0 Å². The molecule has 4 rings (SSSR count). The Morgan fingerprint density at radius 1 is 1.00 bits per heavy atom. The Morgan fingerprint density at radius 2 is 1.79 bits per heavy atom. The van der Waals surface area contributed by atoms with Crippen LogP contribution >= 0.6 is 38.9 Å². The molecular formula is C28H22BrClO3S. The number of benzene rings is 3. The number of hydrogen-bond donors (Lipinski definition) is 0. The van der Waals surface area contributed by atoms with E-state index in [0.29, 0.717) is 16.5 Å². The van der Waals surface area contributed by atoms with Gasteiger partial charge in [-0.25, -0.2) is 0 Å². The highest BCUT2D eigenvalue weighted by Gasteiger charge is 2.09. The lowest BCUT2D eigenvalue weighted by molar-refractivity contribution is 0.105. The van der Waals surface area contributed by atoms with Crippen LogP contribution in [0.2, 0.25) is 5.02 Å². The maximum absolute atomic E-state index is 12.7. The summed E-state index contributed by atoms with van der Waals surface area (Å²) in [5, 5.41) is 0.526. The van der Waals surface area contributed by atoms with Gasteiger partial charge in [0.2, 0.25) is 0 Å². The topological polar surface area (TPSA) is 35.5 Å². The second-order valence-corrected chi connectivity index (χ2v) is 10.1. The molecule has 6 heteroatoms. The molecule has 0 aliphatic carbocycles. The van der Waals surface area contributed by atoms with Gasteiger partial charge in [-0.3, -0.25) is 4.79 Å². The molecule has 0 unspecified atom stereocenters. The second kappa shape index (κ2) is 11.5. The zero-order chi connectivity index (χ0) is 23.9. The molecule has 3 nitrogen and oxygen atoms in total. The second-order valence-electron chi connectivity index (χ2n) is 7.56. The van der Waals surface area contributed by atoms with Gasteiger partial charge in [-0.1, -0.05) is 70.0 Å². The molecule has 1 heterocycles. The van der Waals surface area contributed by atoms with Crippen molar-refractivity contribution in [2.75, 3.05) is 7.11 Å². The Balaban J connectivity index is 1.44. The minimum atomic E-state index is -0.0143. The SMILES string of the molecule is COc1ccc(/C=C/C(=O)c2ccc(Cc3ccccc3)s2)cc1COc1ccc(Br)cc1Cl. The number of ketones is 1. The maximum Gasteiger partial charge on any atom is 0.195 e. The van der Waals surface area contributed by atoms with E-state index in [1.54, 1.807) is 19.3 Å². The van der Waals surface area contributed by atoms with Crippen molar-refractivity contribution in [1.82, 2.24) is 0 Å². The average molecular weight is 554 g/mol. The van der Waals surface area contributed by atoms with Crippen LogP contribution in [0.4, 0.5) is 0 Å². The third-order valence-corrected chi connectivity index (χ3v) is 7.02. The summed E-state index contributed by atoms with van der Waals surface area (Å²) in [5.74, 6) is 1.28. The Labute approximate surface area is 216 Å². The zero-order valence-corrected chi connectivity index (χ0v) is 21.6. The summed E-state index contributed by atoms with van der Waals surface area (Å²) in [5.41, 5.74) is 2.98. The predicted octanol–water partition coefficient (Wildman–Crippen LogP) is 8.24. The number of ether oxygens (including phenoxy) is 2. The molecule has 0 bridgehead atoms. The molecule has 0 fully saturated rings. The van der Waals surface area contributed by atoms with Crippen LogP contribution in [0.25, 0.3) is 6.08 Å². The lowest BCUT2D eigenvalue weighted by atomic mass is 10.1. The van der Waals surface area contributed by atoms with Crippen LogP contribution in [0.3, 0.4) is 0 Å². The van der Waals surface area contributed by atoms with E-state index < -0.39 is 0 Å². The van der Waals surface area contributed by atoms with E-state index in [9.17, 15) is 4.79 Å². The third kappa shape index (κ3) is 6.38. The number of thiophene rings is 1. The smallest absolute Gasteiger partial charge is 0.195 e. The molecule has 34 heavy (non-hydrogen) atoms. The number of allylic oxidation sites excluding steroid dienone is 1. The number of methoxy groups -OCH3 is 1. The first-order valence-corrected chi connectivity index (χ1v) is 12.6. The number of halogens is 2. The van der Waals surface area contributed by atoms with Crippen molar-refractivity contribution in [3.63, 3.8) is 0 Å². The molecule has 0 radical (unpaired) electrons. The van der Waals surface area contributed by atoms with Gasteiger partial charge in [-0.05, 0) is 59.7 Å². The fourth-order valence-electron chi connectivity index (χ4n) is 3.42. The minimum Gasteiger partial charge on any atom is -0.496 e. The first-order valence-electron chi connectivity index (χ1n) is 10.6. The third-order valence-electron chi connectivity index (χ3n) is 5.13. The monoisotopic (exact) mass is 552 g/mol. The maximum atomic E-state index is 12.7. The highest BCUT2D eigenvalue weighted by molar-refractivity contribution is 9.10. The van der Waals surface area contributed by atoms with E-state index in [1.807, 2.05) is 66.7 Å². The van der Waals surface area contributed by atoms with Crippen LogP contribution in [0, 0.1) is 0 Å². The number of rotatable bonds is 9. The fraction of sp³-hybridized carbons (Fsp3) is 0.107. The molecule has 0 amide bonds. The molecule has 0 atom stereocenters. The van der Waals surface area contributed by atoms with Crippen LogP contribution in [0.5, 0.6) is 11.5 Å². The standard InChI is InChI=1S/C28H22BrClO3S/c1-32-26-12-8-20(15-21(26)18-33-27-13-9-22(29)17-24(27)30)7-11-25(31)28-14-10-23(34-28)16-19-5-3-2-4-6-19/h2-15,17H,16,18H2,1H3/b11-7+. The summed E-state index contributed by atoms with van der Waals surface area (Å²) < 4.78 is 12.3. The van der Waals surface area contributed by atoms with Gasteiger partial charge in [0.1, 0.15) is 18.1 Å². The summed E-state index contributed by atoms with van der Waals surface area (Å²) in [4.78, 5) is 14.6. The minimum absolute atomic E-state index is 0.0143. The molecule has 4 aromatic rings. The number of carbonyl (C=O) groups excluding carboxylic acids is 1. The molecular weight excluding hydrogens is 532 g/mol.